The topological polar surface area (TPSA) is 59.1 Å². The molecule has 4 rings (SSSR count). The molecule has 0 unspecified atom stereocenters. The van der Waals surface area contributed by atoms with E-state index in [9.17, 15) is 9.59 Å². The predicted octanol–water partition coefficient (Wildman–Crippen LogP) is 2.54. The normalized spacial score (nSPS) is 15.4. The van der Waals surface area contributed by atoms with Crippen molar-refractivity contribution < 1.29 is 19.1 Å². The second-order valence-corrected chi connectivity index (χ2v) is 6.81. The lowest BCUT2D eigenvalue weighted by Gasteiger charge is -2.40. The monoisotopic (exact) mass is 366 g/mol. The molecule has 6 heteroatoms. The first-order chi connectivity index (χ1) is 13.2. The van der Waals surface area contributed by atoms with E-state index < -0.39 is 0 Å². The molecule has 2 aromatic carbocycles. The van der Waals surface area contributed by atoms with Crippen molar-refractivity contribution in [2.75, 3.05) is 26.4 Å². The molecule has 0 spiro atoms. The Labute approximate surface area is 158 Å². The summed E-state index contributed by atoms with van der Waals surface area (Å²) in [5.41, 5.74) is 1.67. The highest BCUT2D eigenvalue weighted by Gasteiger charge is 2.38. The fourth-order valence-electron chi connectivity index (χ4n) is 3.42. The van der Waals surface area contributed by atoms with Gasteiger partial charge in [-0.25, -0.2) is 0 Å². The number of hydrogen-bond donors (Lipinski definition) is 0. The number of fused-ring (bicyclic) bond motifs is 1. The van der Waals surface area contributed by atoms with Crippen LogP contribution in [0.15, 0.2) is 48.5 Å². The van der Waals surface area contributed by atoms with Gasteiger partial charge in [0.15, 0.2) is 11.5 Å². The van der Waals surface area contributed by atoms with Gasteiger partial charge < -0.3 is 19.3 Å². The number of carbonyl (C=O) groups excluding carboxylic acids is 2. The standard InChI is InChI=1S/C21H22N2O4/c1-2-22(11-15-6-4-3-5-7-15)21(25)17-12-23(13-17)20(24)16-8-9-18-19(10-16)27-14-26-18/h3-10,17H,2,11-14H2,1H3. The van der Waals surface area contributed by atoms with Crippen LogP contribution in [-0.2, 0) is 11.3 Å². The average Bonchev–Trinajstić information content (AvgIpc) is 3.13. The van der Waals surface area contributed by atoms with Crippen LogP contribution in [0.4, 0.5) is 0 Å². The second-order valence-electron chi connectivity index (χ2n) is 6.81. The number of rotatable bonds is 5. The molecule has 0 atom stereocenters. The highest BCUT2D eigenvalue weighted by atomic mass is 16.7. The van der Waals surface area contributed by atoms with Crippen LogP contribution < -0.4 is 9.47 Å². The van der Waals surface area contributed by atoms with E-state index in [1.54, 1.807) is 23.1 Å². The molecule has 0 saturated carbocycles. The van der Waals surface area contributed by atoms with Crippen molar-refractivity contribution in [2.45, 2.75) is 13.5 Å². The van der Waals surface area contributed by atoms with Crippen molar-refractivity contribution in [3.8, 4) is 11.5 Å². The Morgan fingerprint density at radius 1 is 1.07 bits per heavy atom. The lowest BCUT2D eigenvalue weighted by molar-refractivity contribution is -0.140. The average molecular weight is 366 g/mol. The summed E-state index contributed by atoms with van der Waals surface area (Å²) in [6.45, 7) is 4.33. The Bertz CT molecular complexity index is 847. The Kier molecular flexibility index (Phi) is 4.71. The van der Waals surface area contributed by atoms with E-state index in [1.165, 1.54) is 0 Å². The van der Waals surface area contributed by atoms with Crippen molar-refractivity contribution in [3.05, 3.63) is 59.7 Å². The number of benzene rings is 2. The van der Waals surface area contributed by atoms with Crippen molar-refractivity contribution in [1.29, 1.82) is 0 Å². The molecule has 1 fully saturated rings. The van der Waals surface area contributed by atoms with E-state index in [0.717, 1.165) is 5.56 Å². The molecule has 0 radical (unpaired) electrons. The molecule has 27 heavy (non-hydrogen) atoms. The summed E-state index contributed by atoms with van der Waals surface area (Å²) in [5.74, 6) is 1.14. The van der Waals surface area contributed by atoms with E-state index in [-0.39, 0.29) is 24.5 Å². The maximum atomic E-state index is 12.8. The fraction of sp³-hybridized carbons (Fsp3) is 0.333. The molecule has 2 aliphatic heterocycles. The molecule has 0 aliphatic carbocycles. The van der Waals surface area contributed by atoms with Crippen molar-refractivity contribution in [3.63, 3.8) is 0 Å². The van der Waals surface area contributed by atoms with Gasteiger partial charge in [0.2, 0.25) is 12.7 Å². The zero-order valence-corrected chi connectivity index (χ0v) is 15.3. The molecule has 2 aliphatic rings. The zero-order chi connectivity index (χ0) is 18.8. The Morgan fingerprint density at radius 2 is 1.81 bits per heavy atom. The molecule has 2 heterocycles. The van der Waals surface area contributed by atoms with Crippen LogP contribution in [0.25, 0.3) is 0 Å². The first kappa shape index (κ1) is 17.4. The van der Waals surface area contributed by atoms with Gasteiger partial charge in [-0.3, -0.25) is 9.59 Å². The number of amides is 2. The van der Waals surface area contributed by atoms with Gasteiger partial charge in [-0.15, -0.1) is 0 Å². The summed E-state index contributed by atoms with van der Waals surface area (Å²) >= 11 is 0. The number of nitrogens with zero attached hydrogens (tertiary/aromatic N) is 2. The Balaban J connectivity index is 1.35. The maximum absolute atomic E-state index is 12.8. The minimum absolute atomic E-state index is 0.0801. The Morgan fingerprint density at radius 3 is 2.56 bits per heavy atom. The highest BCUT2D eigenvalue weighted by molar-refractivity contribution is 5.96. The van der Waals surface area contributed by atoms with Crippen molar-refractivity contribution in [1.82, 2.24) is 9.80 Å². The molecular formula is C21H22N2O4. The second kappa shape index (κ2) is 7.31. The smallest absolute Gasteiger partial charge is 0.254 e. The highest BCUT2D eigenvalue weighted by Crippen LogP contribution is 2.33. The van der Waals surface area contributed by atoms with Crippen molar-refractivity contribution in [2.24, 2.45) is 5.92 Å². The van der Waals surface area contributed by atoms with Crippen LogP contribution in [0.1, 0.15) is 22.8 Å². The summed E-state index contributed by atoms with van der Waals surface area (Å²) in [5, 5.41) is 0. The molecule has 2 aromatic rings. The molecule has 1 saturated heterocycles. The largest absolute Gasteiger partial charge is 0.454 e. The van der Waals surface area contributed by atoms with Crippen LogP contribution >= 0.6 is 0 Å². The van der Waals surface area contributed by atoms with Gasteiger partial charge in [0.05, 0.1) is 5.92 Å². The molecule has 140 valence electrons. The summed E-state index contributed by atoms with van der Waals surface area (Å²) < 4.78 is 10.6. The van der Waals surface area contributed by atoms with E-state index in [2.05, 4.69) is 0 Å². The number of likely N-dealkylation sites (tertiary alicyclic amines) is 1. The van der Waals surface area contributed by atoms with E-state index in [0.29, 0.717) is 43.2 Å². The van der Waals surface area contributed by atoms with Gasteiger partial charge >= 0.3 is 0 Å². The van der Waals surface area contributed by atoms with Crippen LogP contribution in [0.2, 0.25) is 0 Å². The van der Waals surface area contributed by atoms with Crippen LogP contribution in [0, 0.1) is 5.92 Å². The minimum Gasteiger partial charge on any atom is -0.454 e. The molecule has 6 nitrogen and oxygen atoms in total. The van der Waals surface area contributed by atoms with Crippen LogP contribution in [-0.4, -0.2) is 48.0 Å². The Hall–Kier alpha value is -3.02. The first-order valence-electron chi connectivity index (χ1n) is 9.17. The van der Waals surface area contributed by atoms with E-state index in [1.807, 2.05) is 42.2 Å². The minimum atomic E-state index is -0.133. The summed E-state index contributed by atoms with van der Waals surface area (Å²) in [6, 6.07) is 15.1. The van der Waals surface area contributed by atoms with E-state index in [4.69, 9.17) is 9.47 Å². The molecule has 2 amide bonds. The summed E-state index contributed by atoms with van der Waals surface area (Å²) in [6.07, 6.45) is 0. The molecule has 0 aromatic heterocycles. The lowest BCUT2D eigenvalue weighted by atomic mass is 9.96. The third-order valence-corrected chi connectivity index (χ3v) is 5.05. The molecule has 0 N–H and O–H groups in total. The molecular weight excluding hydrogens is 344 g/mol. The summed E-state index contributed by atoms with van der Waals surface area (Å²) in [4.78, 5) is 29.0. The van der Waals surface area contributed by atoms with Gasteiger partial charge in [0, 0.05) is 31.7 Å². The summed E-state index contributed by atoms with van der Waals surface area (Å²) in [7, 11) is 0. The third-order valence-electron chi connectivity index (χ3n) is 5.05. The first-order valence-corrected chi connectivity index (χ1v) is 9.17. The number of carbonyl (C=O) groups is 2. The van der Waals surface area contributed by atoms with Gasteiger partial charge in [-0.2, -0.15) is 0 Å². The number of ether oxygens (including phenoxy) is 2. The van der Waals surface area contributed by atoms with E-state index >= 15 is 0 Å². The SMILES string of the molecule is CCN(Cc1ccccc1)C(=O)C1CN(C(=O)c2ccc3c(c2)OCO3)C1. The predicted molar refractivity (Wildman–Crippen MR) is 99.5 cm³/mol. The molecule has 0 bridgehead atoms. The van der Waals surface area contributed by atoms with Gasteiger partial charge in [0.1, 0.15) is 0 Å². The van der Waals surface area contributed by atoms with Crippen LogP contribution in [0.3, 0.4) is 0 Å². The quantitative estimate of drug-likeness (QED) is 0.816. The number of hydrogen-bond acceptors (Lipinski definition) is 4. The van der Waals surface area contributed by atoms with Crippen molar-refractivity contribution >= 4 is 11.8 Å². The third kappa shape index (κ3) is 3.47. The maximum Gasteiger partial charge on any atom is 0.254 e. The van der Waals surface area contributed by atoms with Crippen LogP contribution in [0.5, 0.6) is 11.5 Å². The van der Waals surface area contributed by atoms with Gasteiger partial charge in [0.25, 0.3) is 5.91 Å². The zero-order valence-electron chi connectivity index (χ0n) is 15.3. The lowest BCUT2D eigenvalue weighted by Crippen LogP contribution is -2.56. The van der Waals surface area contributed by atoms with Gasteiger partial charge in [-0.1, -0.05) is 30.3 Å². The fourth-order valence-corrected chi connectivity index (χ4v) is 3.42. The van der Waals surface area contributed by atoms with Gasteiger partial charge in [-0.05, 0) is 30.7 Å².